The molecule has 0 radical (unpaired) electrons. The third-order valence-electron chi connectivity index (χ3n) is 2.98. The fraction of sp³-hybridized carbons (Fsp3) is 0.417. The predicted octanol–water partition coefficient (Wildman–Crippen LogP) is 0.948. The largest absolute Gasteiger partial charge is 0.508 e. The van der Waals surface area contributed by atoms with Gasteiger partial charge in [-0.2, -0.15) is 0 Å². The lowest BCUT2D eigenvalue weighted by molar-refractivity contribution is 0.250. The Kier molecular flexibility index (Phi) is 3.94. The SMILES string of the molecule is O=C(NCC1CCS(=O)(=O)C1)Nc1cccc(O)c1. The Hall–Kier alpha value is -1.76. The molecule has 6 nitrogen and oxygen atoms in total. The monoisotopic (exact) mass is 284 g/mol. The van der Waals surface area contributed by atoms with Gasteiger partial charge in [0.2, 0.25) is 0 Å². The first-order valence-corrected chi connectivity index (χ1v) is 7.81. The molecule has 0 spiro atoms. The third-order valence-corrected chi connectivity index (χ3v) is 4.82. The van der Waals surface area contributed by atoms with Crippen LogP contribution >= 0.6 is 0 Å². The molecular formula is C12H16N2O4S. The summed E-state index contributed by atoms with van der Waals surface area (Å²) in [7, 11) is -2.91. The van der Waals surface area contributed by atoms with Crippen molar-refractivity contribution in [3.63, 3.8) is 0 Å². The molecular weight excluding hydrogens is 268 g/mol. The van der Waals surface area contributed by atoms with Crippen molar-refractivity contribution in [2.75, 3.05) is 23.4 Å². The van der Waals surface area contributed by atoms with Crippen molar-refractivity contribution in [1.29, 1.82) is 0 Å². The zero-order valence-electron chi connectivity index (χ0n) is 10.3. The number of phenols is 1. The second kappa shape index (κ2) is 5.48. The van der Waals surface area contributed by atoms with Crippen LogP contribution in [0.1, 0.15) is 6.42 Å². The van der Waals surface area contributed by atoms with E-state index in [2.05, 4.69) is 10.6 Å². The topological polar surface area (TPSA) is 95.5 Å². The maximum absolute atomic E-state index is 11.6. The molecule has 19 heavy (non-hydrogen) atoms. The molecule has 0 bridgehead atoms. The lowest BCUT2D eigenvalue weighted by Crippen LogP contribution is -2.33. The van der Waals surface area contributed by atoms with E-state index in [4.69, 9.17) is 0 Å². The molecule has 104 valence electrons. The van der Waals surface area contributed by atoms with Gasteiger partial charge in [0.15, 0.2) is 9.84 Å². The van der Waals surface area contributed by atoms with Gasteiger partial charge < -0.3 is 15.7 Å². The summed E-state index contributed by atoms with van der Waals surface area (Å²) in [6, 6.07) is 5.80. The second-order valence-corrected chi connectivity index (χ2v) is 6.88. The molecule has 2 rings (SSSR count). The van der Waals surface area contributed by atoms with Crippen LogP contribution < -0.4 is 10.6 Å². The van der Waals surface area contributed by atoms with Crippen molar-refractivity contribution in [1.82, 2.24) is 5.32 Å². The smallest absolute Gasteiger partial charge is 0.319 e. The number of aromatic hydroxyl groups is 1. The number of nitrogens with one attached hydrogen (secondary N) is 2. The van der Waals surface area contributed by atoms with E-state index in [9.17, 15) is 18.3 Å². The number of anilines is 1. The van der Waals surface area contributed by atoms with Crippen LogP contribution in [0.25, 0.3) is 0 Å². The van der Waals surface area contributed by atoms with E-state index < -0.39 is 15.9 Å². The number of amides is 2. The quantitative estimate of drug-likeness (QED) is 0.770. The fourth-order valence-corrected chi connectivity index (χ4v) is 3.89. The standard InChI is InChI=1S/C12H16N2O4S/c15-11-3-1-2-10(6-11)14-12(16)13-7-9-4-5-19(17,18)8-9/h1-3,6,9,15H,4-5,7-8H2,(H2,13,14,16). The molecule has 0 aromatic heterocycles. The maximum Gasteiger partial charge on any atom is 0.319 e. The first kappa shape index (κ1) is 13.7. The lowest BCUT2D eigenvalue weighted by atomic mass is 10.1. The summed E-state index contributed by atoms with van der Waals surface area (Å²) in [5, 5.41) is 14.4. The molecule has 1 heterocycles. The van der Waals surface area contributed by atoms with Crippen LogP contribution in [-0.2, 0) is 9.84 Å². The Labute approximate surface area is 111 Å². The zero-order chi connectivity index (χ0) is 13.9. The van der Waals surface area contributed by atoms with Gasteiger partial charge in [-0.05, 0) is 24.5 Å². The molecule has 1 aromatic carbocycles. The molecule has 1 atom stereocenters. The highest BCUT2D eigenvalue weighted by atomic mass is 32.2. The summed E-state index contributed by atoms with van der Waals surface area (Å²) in [6.07, 6.45) is 0.592. The molecule has 0 saturated carbocycles. The highest BCUT2D eigenvalue weighted by Gasteiger charge is 2.27. The summed E-state index contributed by atoms with van der Waals surface area (Å²) in [6.45, 7) is 0.337. The third kappa shape index (κ3) is 4.13. The van der Waals surface area contributed by atoms with Crippen molar-refractivity contribution >= 4 is 21.6 Å². The molecule has 1 aliphatic rings. The van der Waals surface area contributed by atoms with E-state index in [0.717, 1.165) is 0 Å². The summed E-state index contributed by atoms with van der Waals surface area (Å²) in [5.41, 5.74) is 0.483. The summed E-state index contributed by atoms with van der Waals surface area (Å²) < 4.78 is 22.5. The van der Waals surface area contributed by atoms with Crippen molar-refractivity contribution in [3.05, 3.63) is 24.3 Å². The number of phenolic OH excluding ortho intramolecular Hbond substituents is 1. The highest BCUT2D eigenvalue weighted by Crippen LogP contribution is 2.18. The minimum absolute atomic E-state index is 0.0140. The van der Waals surface area contributed by atoms with Gasteiger partial charge in [-0.15, -0.1) is 0 Å². The average Bonchev–Trinajstić information content (AvgIpc) is 2.66. The molecule has 1 fully saturated rings. The Morgan fingerprint density at radius 2 is 2.21 bits per heavy atom. The van der Waals surface area contributed by atoms with Gasteiger partial charge in [-0.3, -0.25) is 0 Å². The van der Waals surface area contributed by atoms with E-state index in [-0.39, 0.29) is 23.2 Å². The number of rotatable bonds is 3. The van der Waals surface area contributed by atoms with Crippen LogP contribution in [0.4, 0.5) is 10.5 Å². The van der Waals surface area contributed by atoms with Crippen molar-refractivity contribution < 1.29 is 18.3 Å². The molecule has 1 aliphatic heterocycles. The van der Waals surface area contributed by atoms with Gasteiger partial charge in [0.05, 0.1) is 11.5 Å². The number of urea groups is 1. The number of hydrogen-bond acceptors (Lipinski definition) is 4. The summed E-state index contributed by atoms with van der Waals surface area (Å²) >= 11 is 0. The van der Waals surface area contributed by atoms with Crippen LogP contribution in [-0.4, -0.2) is 37.6 Å². The van der Waals surface area contributed by atoms with Gasteiger partial charge in [-0.1, -0.05) is 6.07 Å². The first-order chi connectivity index (χ1) is 8.94. The molecule has 3 N–H and O–H groups in total. The summed E-state index contributed by atoms with van der Waals surface area (Å²) in [5.74, 6) is 0.395. The number of benzene rings is 1. The Balaban J connectivity index is 1.79. The fourth-order valence-electron chi connectivity index (χ4n) is 2.03. The number of carbonyl (C=O) groups excluding carboxylic acids is 1. The van der Waals surface area contributed by atoms with Gasteiger partial charge in [-0.25, -0.2) is 13.2 Å². The Morgan fingerprint density at radius 3 is 2.84 bits per heavy atom. The van der Waals surface area contributed by atoms with Crippen LogP contribution in [0.3, 0.4) is 0 Å². The van der Waals surface area contributed by atoms with Crippen molar-refractivity contribution in [2.24, 2.45) is 5.92 Å². The minimum Gasteiger partial charge on any atom is -0.508 e. The zero-order valence-corrected chi connectivity index (χ0v) is 11.1. The van der Waals surface area contributed by atoms with Gasteiger partial charge in [0.1, 0.15) is 5.75 Å². The van der Waals surface area contributed by atoms with E-state index in [1.165, 1.54) is 12.1 Å². The number of carbonyl (C=O) groups is 1. The van der Waals surface area contributed by atoms with E-state index >= 15 is 0 Å². The Bertz CT molecular complexity index is 571. The highest BCUT2D eigenvalue weighted by molar-refractivity contribution is 7.91. The van der Waals surface area contributed by atoms with Gasteiger partial charge in [0.25, 0.3) is 0 Å². The van der Waals surface area contributed by atoms with Crippen LogP contribution in [0.5, 0.6) is 5.75 Å². The van der Waals surface area contributed by atoms with E-state index in [1.807, 2.05) is 0 Å². The number of hydrogen-bond donors (Lipinski definition) is 3. The van der Waals surface area contributed by atoms with E-state index in [0.29, 0.717) is 18.7 Å². The normalized spacial score (nSPS) is 20.9. The van der Waals surface area contributed by atoms with Crippen LogP contribution in [0, 0.1) is 5.92 Å². The average molecular weight is 284 g/mol. The van der Waals surface area contributed by atoms with E-state index in [1.54, 1.807) is 12.1 Å². The van der Waals surface area contributed by atoms with Crippen molar-refractivity contribution in [2.45, 2.75) is 6.42 Å². The number of sulfone groups is 1. The molecule has 2 amide bonds. The molecule has 7 heteroatoms. The second-order valence-electron chi connectivity index (χ2n) is 4.65. The van der Waals surface area contributed by atoms with Crippen LogP contribution in [0.2, 0.25) is 0 Å². The molecule has 0 aliphatic carbocycles. The summed E-state index contributed by atoms with van der Waals surface area (Å²) in [4.78, 5) is 11.6. The Morgan fingerprint density at radius 1 is 1.42 bits per heavy atom. The lowest BCUT2D eigenvalue weighted by Gasteiger charge is -2.11. The first-order valence-electron chi connectivity index (χ1n) is 5.99. The van der Waals surface area contributed by atoms with Crippen molar-refractivity contribution in [3.8, 4) is 5.75 Å². The molecule has 1 unspecified atom stereocenters. The van der Waals surface area contributed by atoms with Gasteiger partial charge >= 0.3 is 6.03 Å². The van der Waals surface area contributed by atoms with Gasteiger partial charge in [0, 0.05) is 18.3 Å². The molecule has 1 aromatic rings. The predicted molar refractivity (Wildman–Crippen MR) is 71.9 cm³/mol. The maximum atomic E-state index is 11.6. The minimum atomic E-state index is -2.91. The van der Waals surface area contributed by atoms with Crippen LogP contribution in [0.15, 0.2) is 24.3 Å². The molecule has 1 saturated heterocycles.